The third-order valence-electron chi connectivity index (χ3n) is 8.78. The molecule has 134 valence electrons. The van der Waals surface area contributed by atoms with Crippen molar-refractivity contribution in [3.63, 3.8) is 0 Å². The fourth-order valence-electron chi connectivity index (χ4n) is 7.69. The molecule has 0 heterocycles. The molecule has 4 rings (SSSR count). The lowest BCUT2D eigenvalue weighted by atomic mass is 9.44. The lowest BCUT2D eigenvalue weighted by Gasteiger charge is -2.59. The van der Waals surface area contributed by atoms with E-state index in [0.717, 1.165) is 16.3 Å². The van der Waals surface area contributed by atoms with Gasteiger partial charge in [-0.3, -0.25) is 9.59 Å². The summed E-state index contributed by atoms with van der Waals surface area (Å²) in [6.07, 6.45) is 9.21. The summed E-state index contributed by atoms with van der Waals surface area (Å²) in [6.45, 7) is 6.45. The van der Waals surface area contributed by atoms with Crippen LogP contribution in [0.4, 0.5) is 0 Å². The quantitative estimate of drug-likeness (QED) is 0.412. The Kier molecular flexibility index (Phi) is 4.21. The van der Waals surface area contributed by atoms with Gasteiger partial charge >= 0.3 is 0 Å². The second-order valence-corrected chi connectivity index (χ2v) is 11.6. The van der Waals surface area contributed by atoms with Crippen LogP contribution in [0.25, 0.3) is 0 Å². The van der Waals surface area contributed by atoms with Crippen molar-refractivity contribution in [3.05, 3.63) is 0 Å². The monoisotopic (exact) mass is 442 g/mol. The molecule has 4 fully saturated rings. The molecule has 4 aliphatic carbocycles. The van der Waals surface area contributed by atoms with E-state index in [9.17, 15) is 9.59 Å². The molecule has 0 bridgehead atoms. The van der Waals surface area contributed by atoms with Crippen molar-refractivity contribution in [2.45, 2.75) is 76.1 Å². The average molecular weight is 442 g/mol. The summed E-state index contributed by atoms with van der Waals surface area (Å²) < 4.78 is 0.801. The van der Waals surface area contributed by atoms with Gasteiger partial charge in [-0.25, -0.2) is 0 Å². The van der Waals surface area contributed by atoms with Crippen molar-refractivity contribution in [3.8, 4) is 0 Å². The maximum absolute atomic E-state index is 13.4. The highest BCUT2D eigenvalue weighted by atomic mass is 127. The largest absolute Gasteiger partial charge is 0.300 e. The van der Waals surface area contributed by atoms with E-state index < -0.39 is 0 Å². The van der Waals surface area contributed by atoms with Crippen molar-refractivity contribution < 1.29 is 9.59 Å². The van der Waals surface area contributed by atoms with Gasteiger partial charge in [0.15, 0.2) is 0 Å². The Labute approximate surface area is 160 Å². The van der Waals surface area contributed by atoms with Crippen LogP contribution in [0.1, 0.15) is 72.1 Å². The molecule has 0 amide bonds. The smallest absolute Gasteiger partial charge is 0.137 e. The molecule has 0 aromatic carbocycles. The van der Waals surface area contributed by atoms with E-state index in [1.807, 2.05) is 0 Å². The minimum Gasteiger partial charge on any atom is -0.300 e. The highest BCUT2D eigenvalue weighted by Crippen LogP contribution is 2.66. The first kappa shape index (κ1) is 17.5. The normalized spacial score (nSPS) is 53.9. The lowest BCUT2D eigenvalue weighted by molar-refractivity contribution is -0.158. The number of alkyl halides is 1. The van der Waals surface area contributed by atoms with Crippen molar-refractivity contribution >= 4 is 34.2 Å². The molecule has 0 aromatic rings. The summed E-state index contributed by atoms with van der Waals surface area (Å²) in [5.41, 5.74) is 0.186. The molecule has 0 radical (unpaired) electrons. The highest BCUT2D eigenvalue weighted by Gasteiger charge is 2.63. The Morgan fingerprint density at radius 2 is 1.83 bits per heavy atom. The van der Waals surface area contributed by atoms with E-state index in [2.05, 4.69) is 36.4 Å². The van der Waals surface area contributed by atoms with Crippen LogP contribution in [0.2, 0.25) is 0 Å². The fourth-order valence-corrected chi connectivity index (χ4v) is 8.61. The number of carbonyl (C=O) groups is 2. The van der Waals surface area contributed by atoms with E-state index in [1.54, 1.807) is 6.92 Å². The number of carbonyl (C=O) groups excluding carboxylic acids is 2. The van der Waals surface area contributed by atoms with Gasteiger partial charge < -0.3 is 0 Å². The molecule has 4 saturated carbocycles. The Bertz CT molecular complexity index is 572. The van der Waals surface area contributed by atoms with Crippen LogP contribution in [-0.2, 0) is 9.59 Å². The van der Waals surface area contributed by atoms with Crippen LogP contribution < -0.4 is 0 Å². The third-order valence-corrected chi connectivity index (χ3v) is 9.91. The zero-order chi connectivity index (χ0) is 17.3. The van der Waals surface area contributed by atoms with Crippen LogP contribution in [0, 0.1) is 40.4 Å². The highest BCUT2D eigenvalue weighted by molar-refractivity contribution is 14.1. The van der Waals surface area contributed by atoms with Crippen LogP contribution in [0.3, 0.4) is 0 Å². The molecular formula is C21H31IO2. The summed E-state index contributed by atoms with van der Waals surface area (Å²) in [4.78, 5) is 25.6. The number of hydrogen-bond acceptors (Lipinski definition) is 2. The van der Waals surface area contributed by atoms with Gasteiger partial charge in [-0.2, -0.15) is 0 Å². The molecule has 0 unspecified atom stereocenters. The molecule has 0 saturated heterocycles. The molecule has 24 heavy (non-hydrogen) atoms. The summed E-state index contributed by atoms with van der Waals surface area (Å²) in [6, 6.07) is 0. The maximum Gasteiger partial charge on any atom is 0.137 e. The molecule has 3 heteroatoms. The van der Waals surface area contributed by atoms with Gasteiger partial charge in [0, 0.05) is 22.2 Å². The summed E-state index contributed by atoms with van der Waals surface area (Å²) >= 11 is 2.62. The molecule has 2 nitrogen and oxygen atoms in total. The van der Waals surface area contributed by atoms with Crippen LogP contribution in [0.15, 0.2) is 0 Å². The Balaban J connectivity index is 1.68. The molecule has 8 atom stereocenters. The van der Waals surface area contributed by atoms with Crippen LogP contribution in [0.5, 0.6) is 0 Å². The van der Waals surface area contributed by atoms with Crippen molar-refractivity contribution in [2.24, 2.45) is 40.4 Å². The number of ketones is 2. The van der Waals surface area contributed by atoms with Gasteiger partial charge in [-0.05, 0) is 80.5 Å². The Morgan fingerprint density at radius 3 is 2.54 bits per heavy atom. The topological polar surface area (TPSA) is 34.1 Å². The van der Waals surface area contributed by atoms with Crippen molar-refractivity contribution in [2.75, 3.05) is 0 Å². The van der Waals surface area contributed by atoms with E-state index in [4.69, 9.17) is 0 Å². The number of halogens is 1. The van der Waals surface area contributed by atoms with E-state index in [1.165, 1.54) is 38.5 Å². The lowest BCUT2D eigenvalue weighted by Crippen LogP contribution is -2.57. The van der Waals surface area contributed by atoms with Crippen molar-refractivity contribution in [1.82, 2.24) is 0 Å². The molecule has 0 spiro atoms. The standard InChI is InChI=1S/C21H31IO2/c1-12(23)16-6-7-17-15-5-4-13-10-14(22)8-9-20(13,2)19(15)18(24)11-21(16,17)3/h13-17,19H,4-11H2,1-3H3/t13-,14-,15-,16+,17-,19+,20-,21+/m0/s1. The van der Waals surface area contributed by atoms with Gasteiger partial charge in [0.1, 0.15) is 11.6 Å². The third kappa shape index (κ3) is 2.31. The first-order chi connectivity index (χ1) is 11.3. The Hall–Kier alpha value is 0.0700. The SMILES string of the molecule is CC(=O)[C@H]1CC[C@H]2[C@@H]3CC[C@H]4C[C@@H](I)CC[C@]4(C)[C@H]3C(=O)C[C@]12C. The Morgan fingerprint density at radius 1 is 1.08 bits per heavy atom. The summed E-state index contributed by atoms with van der Waals surface area (Å²) in [7, 11) is 0. The zero-order valence-electron chi connectivity index (χ0n) is 15.3. The predicted molar refractivity (Wildman–Crippen MR) is 104 cm³/mol. The molecule has 0 aliphatic heterocycles. The number of hydrogen-bond donors (Lipinski definition) is 0. The summed E-state index contributed by atoms with van der Waals surface area (Å²) in [5.74, 6) is 3.12. The van der Waals surface area contributed by atoms with Gasteiger partial charge in [0.2, 0.25) is 0 Å². The van der Waals surface area contributed by atoms with Gasteiger partial charge in [-0.1, -0.05) is 36.4 Å². The minimum atomic E-state index is -0.0479. The zero-order valence-corrected chi connectivity index (χ0v) is 17.5. The van der Waals surface area contributed by atoms with E-state index in [0.29, 0.717) is 29.8 Å². The molecule has 0 aromatic heterocycles. The van der Waals surface area contributed by atoms with Crippen molar-refractivity contribution in [1.29, 1.82) is 0 Å². The molecular weight excluding hydrogens is 411 g/mol. The van der Waals surface area contributed by atoms with Gasteiger partial charge in [0.05, 0.1) is 0 Å². The average Bonchev–Trinajstić information content (AvgIpc) is 2.84. The fraction of sp³-hybridized carbons (Fsp3) is 0.905. The first-order valence-electron chi connectivity index (χ1n) is 9.94. The summed E-state index contributed by atoms with van der Waals surface area (Å²) in [5, 5.41) is 0. The van der Waals surface area contributed by atoms with Gasteiger partial charge in [0.25, 0.3) is 0 Å². The number of rotatable bonds is 1. The minimum absolute atomic E-state index is 0.0479. The molecule has 4 aliphatic rings. The maximum atomic E-state index is 13.4. The van der Waals surface area contributed by atoms with E-state index in [-0.39, 0.29) is 22.7 Å². The second kappa shape index (κ2) is 5.79. The van der Waals surface area contributed by atoms with Crippen LogP contribution >= 0.6 is 22.6 Å². The number of fused-ring (bicyclic) bond motifs is 5. The first-order valence-corrected chi connectivity index (χ1v) is 11.2. The van der Waals surface area contributed by atoms with E-state index >= 15 is 0 Å². The predicted octanol–water partition coefficient (Wildman–Crippen LogP) is 5.22. The van der Waals surface area contributed by atoms with Crippen LogP contribution in [-0.4, -0.2) is 15.5 Å². The molecule has 0 N–H and O–H groups in total. The van der Waals surface area contributed by atoms with Gasteiger partial charge in [-0.15, -0.1) is 0 Å². The number of Topliss-reactive ketones (excluding diaryl/α,β-unsaturated/α-hetero) is 2. The second-order valence-electron chi connectivity index (χ2n) is 9.79.